The summed E-state index contributed by atoms with van der Waals surface area (Å²) < 4.78 is 0. The second-order valence-electron chi connectivity index (χ2n) is 5.20. The van der Waals surface area contributed by atoms with Gasteiger partial charge in [-0.1, -0.05) is 42.5 Å². The van der Waals surface area contributed by atoms with Crippen molar-refractivity contribution in [2.75, 3.05) is 0 Å². The lowest BCUT2D eigenvalue weighted by Gasteiger charge is -2.16. The van der Waals surface area contributed by atoms with E-state index < -0.39 is 11.9 Å². The molecule has 0 saturated carbocycles. The topological polar surface area (TPSA) is 96.0 Å². The molecule has 0 aliphatic heterocycles. The molecule has 5 heteroatoms. The summed E-state index contributed by atoms with van der Waals surface area (Å²) >= 11 is 0. The Labute approximate surface area is 134 Å². The monoisotopic (exact) mass is 307 g/mol. The molecule has 0 aliphatic rings. The van der Waals surface area contributed by atoms with Crippen molar-refractivity contribution >= 4 is 11.8 Å². The minimum atomic E-state index is -0.805. The fourth-order valence-corrected chi connectivity index (χ4v) is 2.25. The largest absolute Gasteiger partial charge is 0.368 e. The molecular weight excluding hydrogens is 290 g/mol. The highest BCUT2D eigenvalue weighted by molar-refractivity contribution is 5.87. The molecule has 0 saturated heterocycles. The van der Waals surface area contributed by atoms with Gasteiger partial charge in [0, 0.05) is 6.42 Å². The second-order valence-corrected chi connectivity index (χ2v) is 5.20. The first-order chi connectivity index (χ1) is 11.1. The maximum absolute atomic E-state index is 12.1. The summed E-state index contributed by atoms with van der Waals surface area (Å²) in [5, 5.41) is 11.6. The number of primary amides is 1. The van der Waals surface area contributed by atoms with E-state index in [2.05, 4.69) is 5.32 Å². The van der Waals surface area contributed by atoms with Crippen molar-refractivity contribution in [1.29, 1.82) is 5.26 Å². The number of rotatable bonds is 6. The molecule has 116 valence electrons. The number of benzene rings is 2. The van der Waals surface area contributed by atoms with Crippen LogP contribution >= 0.6 is 0 Å². The summed E-state index contributed by atoms with van der Waals surface area (Å²) in [5.74, 6) is -0.870. The summed E-state index contributed by atoms with van der Waals surface area (Å²) in [6, 6.07) is 17.4. The van der Waals surface area contributed by atoms with Gasteiger partial charge in [-0.15, -0.1) is 0 Å². The highest BCUT2D eigenvalue weighted by Gasteiger charge is 2.18. The third-order valence-electron chi connectivity index (χ3n) is 3.38. The van der Waals surface area contributed by atoms with Gasteiger partial charge >= 0.3 is 0 Å². The molecule has 2 rings (SSSR count). The van der Waals surface area contributed by atoms with Crippen molar-refractivity contribution in [2.45, 2.75) is 18.9 Å². The second kappa shape index (κ2) is 7.76. The van der Waals surface area contributed by atoms with E-state index in [9.17, 15) is 9.59 Å². The summed E-state index contributed by atoms with van der Waals surface area (Å²) in [5.41, 5.74) is 7.51. The fourth-order valence-electron chi connectivity index (χ4n) is 2.25. The smallest absolute Gasteiger partial charge is 0.240 e. The number of carbonyl (C=O) groups excluding carboxylic acids is 2. The van der Waals surface area contributed by atoms with Crippen LogP contribution in [0.3, 0.4) is 0 Å². The van der Waals surface area contributed by atoms with E-state index in [1.165, 1.54) is 0 Å². The van der Waals surface area contributed by atoms with Gasteiger partial charge in [-0.3, -0.25) is 9.59 Å². The van der Waals surface area contributed by atoms with Crippen LogP contribution < -0.4 is 11.1 Å². The Balaban J connectivity index is 2.02. The van der Waals surface area contributed by atoms with Crippen LogP contribution in [0.2, 0.25) is 0 Å². The van der Waals surface area contributed by atoms with Gasteiger partial charge in [0.2, 0.25) is 11.8 Å². The van der Waals surface area contributed by atoms with E-state index >= 15 is 0 Å². The molecule has 0 radical (unpaired) electrons. The first kappa shape index (κ1) is 16.2. The van der Waals surface area contributed by atoms with E-state index in [1.807, 2.05) is 36.4 Å². The lowest BCUT2D eigenvalue weighted by molar-refractivity contribution is -0.127. The van der Waals surface area contributed by atoms with E-state index in [0.29, 0.717) is 5.56 Å². The van der Waals surface area contributed by atoms with E-state index in [-0.39, 0.29) is 18.7 Å². The van der Waals surface area contributed by atoms with Gasteiger partial charge in [0.15, 0.2) is 0 Å². The van der Waals surface area contributed by atoms with Crippen LogP contribution in [0, 0.1) is 11.3 Å². The SMILES string of the molecule is N#Cc1cccc(C[C@H](NC(=O)Cc2ccccc2)C(N)=O)c1. The van der Waals surface area contributed by atoms with Crippen molar-refractivity contribution in [3.63, 3.8) is 0 Å². The maximum Gasteiger partial charge on any atom is 0.240 e. The van der Waals surface area contributed by atoms with Crippen LogP contribution in [-0.2, 0) is 22.4 Å². The molecule has 3 N–H and O–H groups in total. The molecular formula is C18H17N3O2. The Morgan fingerprint density at radius 2 is 1.78 bits per heavy atom. The molecule has 23 heavy (non-hydrogen) atoms. The molecule has 0 spiro atoms. The first-order valence-corrected chi connectivity index (χ1v) is 7.20. The predicted octanol–water partition coefficient (Wildman–Crippen LogP) is 1.31. The third-order valence-corrected chi connectivity index (χ3v) is 3.38. The molecule has 0 unspecified atom stereocenters. The number of amides is 2. The Kier molecular flexibility index (Phi) is 5.48. The Morgan fingerprint density at radius 1 is 1.09 bits per heavy atom. The fraction of sp³-hybridized carbons (Fsp3) is 0.167. The Bertz CT molecular complexity index is 735. The minimum absolute atomic E-state index is 0.183. The number of hydrogen-bond acceptors (Lipinski definition) is 3. The number of nitrogens with two attached hydrogens (primary N) is 1. The summed E-state index contributed by atoms with van der Waals surface area (Å²) in [6.07, 6.45) is 0.439. The van der Waals surface area contributed by atoms with Gasteiger partial charge in [0.25, 0.3) is 0 Å². The molecule has 0 heterocycles. The number of hydrogen-bond donors (Lipinski definition) is 2. The lowest BCUT2D eigenvalue weighted by atomic mass is 10.0. The molecule has 2 aromatic carbocycles. The van der Waals surface area contributed by atoms with Gasteiger partial charge < -0.3 is 11.1 Å². The van der Waals surface area contributed by atoms with Crippen LogP contribution in [0.1, 0.15) is 16.7 Å². The van der Waals surface area contributed by atoms with Crippen molar-refractivity contribution in [3.8, 4) is 6.07 Å². The molecule has 0 bridgehead atoms. The van der Waals surface area contributed by atoms with Gasteiger partial charge in [-0.2, -0.15) is 5.26 Å². The lowest BCUT2D eigenvalue weighted by Crippen LogP contribution is -2.46. The summed E-state index contributed by atoms with van der Waals surface area (Å²) in [4.78, 5) is 23.7. The van der Waals surface area contributed by atoms with Gasteiger partial charge in [0.05, 0.1) is 18.1 Å². The summed E-state index contributed by atoms with van der Waals surface area (Å²) in [6.45, 7) is 0. The molecule has 5 nitrogen and oxygen atoms in total. The average Bonchev–Trinajstić information content (AvgIpc) is 2.55. The molecule has 2 amide bonds. The van der Waals surface area contributed by atoms with Gasteiger partial charge in [-0.25, -0.2) is 0 Å². The van der Waals surface area contributed by atoms with Crippen LogP contribution in [0.4, 0.5) is 0 Å². The molecule has 0 aliphatic carbocycles. The number of carbonyl (C=O) groups is 2. The van der Waals surface area contributed by atoms with Crippen LogP contribution in [0.25, 0.3) is 0 Å². The van der Waals surface area contributed by atoms with E-state index in [0.717, 1.165) is 11.1 Å². The summed E-state index contributed by atoms with van der Waals surface area (Å²) in [7, 11) is 0. The number of nitrogens with one attached hydrogen (secondary N) is 1. The highest BCUT2D eigenvalue weighted by Crippen LogP contribution is 2.08. The van der Waals surface area contributed by atoms with Crippen LogP contribution in [-0.4, -0.2) is 17.9 Å². The quantitative estimate of drug-likeness (QED) is 0.842. The van der Waals surface area contributed by atoms with Crippen molar-refractivity contribution < 1.29 is 9.59 Å². The molecule has 1 atom stereocenters. The Morgan fingerprint density at radius 3 is 2.43 bits per heavy atom. The van der Waals surface area contributed by atoms with Gasteiger partial charge in [0.1, 0.15) is 6.04 Å². The van der Waals surface area contributed by atoms with Crippen LogP contribution in [0.5, 0.6) is 0 Å². The third kappa shape index (κ3) is 4.97. The zero-order chi connectivity index (χ0) is 16.7. The van der Waals surface area contributed by atoms with Crippen LogP contribution in [0.15, 0.2) is 54.6 Å². The highest BCUT2D eigenvalue weighted by atomic mass is 16.2. The van der Waals surface area contributed by atoms with E-state index in [1.54, 1.807) is 24.3 Å². The van der Waals surface area contributed by atoms with Crippen molar-refractivity contribution in [2.24, 2.45) is 5.73 Å². The average molecular weight is 307 g/mol. The molecule has 2 aromatic rings. The predicted molar refractivity (Wildman–Crippen MR) is 86.1 cm³/mol. The first-order valence-electron chi connectivity index (χ1n) is 7.20. The maximum atomic E-state index is 12.1. The number of nitriles is 1. The number of nitrogens with zero attached hydrogens (tertiary/aromatic N) is 1. The zero-order valence-electron chi connectivity index (χ0n) is 12.5. The zero-order valence-corrected chi connectivity index (χ0v) is 12.5. The Hall–Kier alpha value is -3.13. The standard InChI is InChI=1S/C18H17N3O2/c19-12-15-8-4-7-14(9-15)10-16(18(20)23)21-17(22)11-13-5-2-1-3-6-13/h1-9,16H,10-11H2,(H2,20,23)(H,21,22)/t16-/m0/s1. The minimum Gasteiger partial charge on any atom is -0.368 e. The van der Waals surface area contributed by atoms with E-state index in [4.69, 9.17) is 11.0 Å². The normalized spacial score (nSPS) is 11.3. The van der Waals surface area contributed by atoms with Gasteiger partial charge in [-0.05, 0) is 23.3 Å². The van der Waals surface area contributed by atoms with Crippen molar-refractivity contribution in [1.82, 2.24) is 5.32 Å². The molecule has 0 fully saturated rings. The van der Waals surface area contributed by atoms with Crippen molar-refractivity contribution in [3.05, 3.63) is 71.3 Å². The molecule has 0 aromatic heterocycles.